The summed E-state index contributed by atoms with van der Waals surface area (Å²) in [5.41, 5.74) is 2.50. The van der Waals surface area contributed by atoms with Gasteiger partial charge >= 0.3 is 5.97 Å². The summed E-state index contributed by atoms with van der Waals surface area (Å²) >= 11 is 7.21. The number of anilines is 1. The highest BCUT2D eigenvalue weighted by atomic mass is 35.5. The third kappa shape index (κ3) is 5.43. The van der Waals surface area contributed by atoms with Crippen LogP contribution in [0.15, 0.2) is 53.9 Å². The molecule has 1 heterocycles. The van der Waals surface area contributed by atoms with Crippen LogP contribution >= 0.6 is 22.9 Å². The monoisotopic (exact) mass is 431 g/mol. The Hall–Kier alpha value is -2.70. The molecule has 0 saturated heterocycles. The molecule has 3 rings (SSSR count). The minimum Gasteiger partial charge on any atom is -0.462 e. The zero-order valence-electron chi connectivity index (χ0n) is 15.7. The van der Waals surface area contributed by atoms with Gasteiger partial charge in [0.15, 0.2) is 0 Å². The molecule has 0 aliphatic carbocycles. The average Bonchev–Trinajstić information content (AvgIpc) is 3.11. The number of halogens is 2. The first-order valence-corrected chi connectivity index (χ1v) is 10.3. The van der Waals surface area contributed by atoms with Crippen molar-refractivity contribution in [2.75, 3.05) is 11.9 Å². The van der Waals surface area contributed by atoms with Gasteiger partial charge in [-0.3, -0.25) is 4.79 Å². The number of rotatable bonds is 7. The van der Waals surface area contributed by atoms with Crippen LogP contribution in [0.2, 0.25) is 5.02 Å². The fourth-order valence-corrected chi connectivity index (χ4v) is 4.02. The zero-order chi connectivity index (χ0) is 20.8. The van der Waals surface area contributed by atoms with E-state index in [0.717, 1.165) is 5.56 Å². The molecular weight excluding hydrogens is 413 g/mol. The van der Waals surface area contributed by atoms with Gasteiger partial charge in [-0.05, 0) is 48.7 Å². The van der Waals surface area contributed by atoms with E-state index in [1.807, 2.05) is 18.2 Å². The summed E-state index contributed by atoms with van der Waals surface area (Å²) < 4.78 is 18.4. The van der Waals surface area contributed by atoms with Gasteiger partial charge in [0.05, 0.1) is 6.61 Å². The summed E-state index contributed by atoms with van der Waals surface area (Å²) in [4.78, 5) is 25.0. The van der Waals surface area contributed by atoms with Crippen LogP contribution in [0.3, 0.4) is 0 Å². The van der Waals surface area contributed by atoms with E-state index in [-0.39, 0.29) is 30.3 Å². The maximum atomic E-state index is 13.3. The first-order chi connectivity index (χ1) is 14.0. The topological polar surface area (TPSA) is 55.4 Å². The van der Waals surface area contributed by atoms with Gasteiger partial charge in [0.25, 0.3) is 0 Å². The normalized spacial score (nSPS) is 10.6. The molecule has 3 aromatic rings. The lowest BCUT2D eigenvalue weighted by molar-refractivity contribution is -0.116. The van der Waals surface area contributed by atoms with Crippen molar-refractivity contribution in [2.24, 2.45) is 0 Å². The van der Waals surface area contributed by atoms with Crippen LogP contribution in [-0.4, -0.2) is 18.5 Å². The van der Waals surface area contributed by atoms with E-state index in [4.69, 9.17) is 16.3 Å². The molecule has 0 radical (unpaired) electrons. The number of ether oxygens (including phenoxy) is 1. The van der Waals surface area contributed by atoms with E-state index in [1.54, 1.807) is 30.5 Å². The number of benzene rings is 2. The van der Waals surface area contributed by atoms with Gasteiger partial charge in [0.1, 0.15) is 16.4 Å². The SMILES string of the molecule is CCOC(=O)c1c(-c2ccc(F)cc2)csc1NC(=O)CCc1cccc(Cl)c1. The van der Waals surface area contributed by atoms with Gasteiger partial charge in [0.2, 0.25) is 5.91 Å². The van der Waals surface area contributed by atoms with Crippen LogP contribution < -0.4 is 5.32 Å². The first-order valence-electron chi connectivity index (χ1n) is 9.06. The first kappa shape index (κ1) is 21.0. The number of hydrogen-bond donors (Lipinski definition) is 1. The molecule has 4 nitrogen and oxygen atoms in total. The third-order valence-corrected chi connectivity index (χ3v) is 5.34. The number of thiophene rings is 1. The second kappa shape index (κ2) is 9.67. The highest BCUT2D eigenvalue weighted by molar-refractivity contribution is 7.15. The van der Waals surface area contributed by atoms with Gasteiger partial charge in [-0.15, -0.1) is 11.3 Å². The van der Waals surface area contributed by atoms with Gasteiger partial charge in [-0.25, -0.2) is 9.18 Å². The third-order valence-electron chi connectivity index (χ3n) is 4.21. The Bertz CT molecular complexity index is 1020. The van der Waals surface area contributed by atoms with Crippen LogP contribution in [0.5, 0.6) is 0 Å². The van der Waals surface area contributed by atoms with E-state index in [0.29, 0.717) is 27.6 Å². The maximum absolute atomic E-state index is 13.3. The smallest absolute Gasteiger partial charge is 0.341 e. The average molecular weight is 432 g/mol. The fraction of sp³-hybridized carbons (Fsp3) is 0.182. The highest BCUT2D eigenvalue weighted by Gasteiger charge is 2.22. The van der Waals surface area contributed by atoms with Crippen molar-refractivity contribution in [1.82, 2.24) is 0 Å². The van der Waals surface area contributed by atoms with Gasteiger partial charge < -0.3 is 10.1 Å². The molecule has 0 aliphatic rings. The summed E-state index contributed by atoms with van der Waals surface area (Å²) in [6.45, 7) is 1.92. The minimum absolute atomic E-state index is 0.208. The van der Waals surface area contributed by atoms with Crippen LogP contribution in [0.25, 0.3) is 11.1 Å². The predicted molar refractivity (Wildman–Crippen MR) is 114 cm³/mol. The van der Waals surface area contributed by atoms with E-state index < -0.39 is 5.97 Å². The zero-order valence-corrected chi connectivity index (χ0v) is 17.3. The van der Waals surface area contributed by atoms with Gasteiger partial charge in [0, 0.05) is 22.4 Å². The molecule has 2 aromatic carbocycles. The Labute approximate surface area is 177 Å². The summed E-state index contributed by atoms with van der Waals surface area (Å²) in [6, 6.07) is 13.2. The lowest BCUT2D eigenvalue weighted by atomic mass is 10.0. The summed E-state index contributed by atoms with van der Waals surface area (Å²) in [5.74, 6) is -1.11. The molecule has 29 heavy (non-hydrogen) atoms. The molecule has 150 valence electrons. The maximum Gasteiger partial charge on any atom is 0.341 e. The molecule has 1 aromatic heterocycles. The van der Waals surface area contributed by atoms with E-state index in [2.05, 4.69) is 5.32 Å². The Kier molecular flexibility index (Phi) is 7.01. The van der Waals surface area contributed by atoms with Gasteiger partial charge in [-0.1, -0.05) is 35.9 Å². The molecule has 1 amide bonds. The standard InChI is InChI=1S/C22H19ClFNO3S/c1-2-28-22(27)20-18(15-7-9-17(24)10-8-15)13-29-21(20)25-19(26)11-6-14-4-3-5-16(23)12-14/h3-5,7-10,12-13H,2,6,11H2,1H3,(H,25,26). The van der Waals surface area contributed by atoms with Crippen LogP contribution in [0.4, 0.5) is 9.39 Å². The Morgan fingerprint density at radius 2 is 1.93 bits per heavy atom. The minimum atomic E-state index is -0.529. The summed E-state index contributed by atoms with van der Waals surface area (Å²) in [7, 11) is 0. The van der Waals surface area contributed by atoms with E-state index >= 15 is 0 Å². The van der Waals surface area contributed by atoms with Crippen molar-refractivity contribution in [2.45, 2.75) is 19.8 Å². The molecule has 0 aliphatic heterocycles. The second-order valence-corrected chi connectivity index (χ2v) is 7.58. The fourth-order valence-electron chi connectivity index (χ4n) is 2.84. The lowest BCUT2D eigenvalue weighted by Crippen LogP contribution is -2.15. The molecule has 7 heteroatoms. The van der Waals surface area contributed by atoms with Crippen molar-refractivity contribution in [1.29, 1.82) is 0 Å². The molecule has 0 atom stereocenters. The number of amides is 1. The largest absolute Gasteiger partial charge is 0.462 e. The van der Waals surface area contributed by atoms with Crippen LogP contribution in [0.1, 0.15) is 29.3 Å². The second-order valence-electron chi connectivity index (χ2n) is 6.26. The number of hydrogen-bond acceptors (Lipinski definition) is 4. The molecule has 0 saturated carbocycles. The van der Waals surface area contributed by atoms with Crippen molar-refractivity contribution in [3.8, 4) is 11.1 Å². The van der Waals surface area contributed by atoms with Crippen molar-refractivity contribution in [3.05, 3.63) is 75.9 Å². The van der Waals surface area contributed by atoms with Crippen molar-refractivity contribution in [3.63, 3.8) is 0 Å². The predicted octanol–water partition coefficient (Wildman–Crippen LogP) is 5.96. The van der Waals surface area contributed by atoms with Crippen molar-refractivity contribution >= 4 is 39.8 Å². The quantitative estimate of drug-likeness (QED) is 0.470. The molecule has 0 bridgehead atoms. The number of aryl methyl sites for hydroxylation is 1. The summed E-state index contributed by atoms with van der Waals surface area (Å²) in [6.07, 6.45) is 0.768. The number of carbonyl (C=O) groups excluding carboxylic acids is 2. The van der Waals surface area contributed by atoms with Crippen molar-refractivity contribution < 1.29 is 18.7 Å². The lowest BCUT2D eigenvalue weighted by Gasteiger charge is -2.09. The Morgan fingerprint density at radius 3 is 2.62 bits per heavy atom. The molecular formula is C22H19ClFNO3S. The Morgan fingerprint density at radius 1 is 1.17 bits per heavy atom. The van der Waals surface area contributed by atoms with Crippen LogP contribution in [-0.2, 0) is 16.0 Å². The summed E-state index contributed by atoms with van der Waals surface area (Å²) in [5, 5.41) is 5.60. The number of carbonyl (C=O) groups is 2. The molecule has 0 unspecified atom stereocenters. The van der Waals surface area contributed by atoms with E-state index in [1.165, 1.54) is 23.5 Å². The number of nitrogens with one attached hydrogen (secondary N) is 1. The number of esters is 1. The highest BCUT2D eigenvalue weighted by Crippen LogP contribution is 2.36. The molecule has 1 N–H and O–H groups in total. The van der Waals surface area contributed by atoms with E-state index in [9.17, 15) is 14.0 Å². The molecule has 0 spiro atoms. The Balaban J connectivity index is 1.79. The molecule has 0 fully saturated rings. The van der Waals surface area contributed by atoms with Gasteiger partial charge in [-0.2, -0.15) is 0 Å². The van der Waals surface area contributed by atoms with Crippen LogP contribution in [0, 0.1) is 5.82 Å².